The Morgan fingerprint density at radius 1 is 1.16 bits per heavy atom. The normalized spacial score (nSPS) is 15.0. The lowest BCUT2D eigenvalue weighted by molar-refractivity contribution is 0.262. The fourth-order valence-corrected chi connectivity index (χ4v) is 3.21. The summed E-state index contributed by atoms with van der Waals surface area (Å²) in [5.74, 6) is 1.50. The van der Waals surface area contributed by atoms with Crippen LogP contribution in [0, 0.1) is 5.92 Å². The van der Waals surface area contributed by atoms with Crippen molar-refractivity contribution in [3.05, 3.63) is 36.7 Å². The number of hydrogen-bond donors (Lipinski definition) is 2. The Hall–Kier alpha value is -2.28. The van der Waals surface area contributed by atoms with E-state index < -0.39 is 0 Å². The molecule has 0 aliphatic carbocycles. The maximum Gasteiger partial charge on any atom is 0.323 e. The predicted octanol–water partition coefficient (Wildman–Crippen LogP) is 4.08. The first-order valence-electron chi connectivity index (χ1n) is 8.43. The maximum atomic E-state index is 12.1. The van der Waals surface area contributed by atoms with E-state index in [2.05, 4.69) is 32.4 Å². The van der Waals surface area contributed by atoms with Gasteiger partial charge in [0, 0.05) is 23.7 Å². The average molecular weight is 357 g/mol. The molecule has 1 fully saturated rings. The number of anilines is 3. The summed E-state index contributed by atoms with van der Waals surface area (Å²) >= 11 is 1.63. The van der Waals surface area contributed by atoms with Gasteiger partial charge in [-0.1, -0.05) is 13.0 Å². The van der Waals surface area contributed by atoms with Crippen LogP contribution in [0.5, 0.6) is 0 Å². The van der Waals surface area contributed by atoms with E-state index in [-0.39, 0.29) is 6.03 Å². The molecular formula is C18H23N5OS. The van der Waals surface area contributed by atoms with E-state index in [1.54, 1.807) is 24.2 Å². The molecule has 0 unspecified atom stereocenters. The molecule has 1 saturated heterocycles. The van der Waals surface area contributed by atoms with Crippen molar-refractivity contribution in [1.82, 2.24) is 9.97 Å². The number of nitrogens with one attached hydrogen (secondary N) is 2. The van der Waals surface area contributed by atoms with Gasteiger partial charge in [0.1, 0.15) is 0 Å². The molecule has 0 radical (unpaired) electrons. The number of rotatable bonds is 4. The minimum atomic E-state index is -0.304. The van der Waals surface area contributed by atoms with Gasteiger partial charge in [-0.25, -0.2) is 14.8 Å². The standard InChI is InChI=1S/C18H23N5OS/c1-13-6-8-23(9-7-13)17-19-11-15(12-20-17)22-18(24)21-14-4-3-5-16(10-14)25-2/h3-5,10-13H,6-9H2,1-2H3,(H2,21,22,24). The molecule has 7 heteroatoms. The Morgan fingerprint density at radius 2 is 1.84 bits per heavy atom. The molecule has 0 saturated carbocycles. The third-order valence-electron chi connectivity index (χ3n) is 4.29. The minimum absolute atomic E-state index is 0.304. The van der Waals surface area contributed by atoms with Gasteiger partial charge in [0.25, 0.3) is 0 Å². The Balaban J connectivity index is 1.56. The molecule has 2 aromatic rings. The Kier molecular flexibility index (Phi) is 5.75. The second-order valence-electron chi connectivity index (χ2n) is 6.25. The summed E-state index contributed by atoms with van der Waals surface area (Å²) in [6.07, 6.45) is 7.64. The van der Waals surface area contributed by atoms with Gasteiger partial charge in [0.15, 0.2) is 0 Å². The van der Waals surface area contributed by atoms with Crippen LogP contribution in [0.3, 0.4) is 0 Å². The van der Waals surface area contributed by atoms with Crippen LogP contribution in [-0.2, 0) is 0 Å². The van der Waals surface area contributed by atoms with Crippen LogP contribution in [0.2, 0.25) is 0 Å². The first-order chi connectivity index (χ1) is 12.1. The molecular weight excluding hydrogens is 334 g/mol. The SMILES string of the molecule is CSc1cccc(NC(=O)Nc2cnc(N3CCC(C)CC3)nc2)c1. The van der Waals surface area contributed by atoms with Gasteiger partial charge >= 0.3 is 6.03 Å². The van der Waals surface area contributed by atoms with E-state index in [4.69, 9.17) is 0 Å². The third kappa shape index (κ3) is 4.85. The summed E-state index contributed by atoms with van der Waals surface area (Å²) in [6.45, 7) is 4.25. The number of amides is 2. The van der Waals surface area contributed by atoms with Crippen molar-refractivity contribution < 1.29 is 4.79 Å². The Labute approximate surface area is 152 Å². The molecule has 2 amide bonds. The van der Waals surface area contributed by atoms with Crippen LogP contribution in [0.1, 0.15) is 19.8 Å². The van der Waals surface area contributed by atoms with E-state index in [0.29, 0.717) is 5.69 Å². The first kappa shape index (κ1) is 17.5. The van der Waals surface area contributed by atoms with Crippen LogP contribution in [0.15, 0.2) is 41.6 Å². The second kappa shape index (κ2) is 8.20. The lowest BCUT2D eigenvalue weighted by Crippen LogP contribution is -2.34. The van der Waals surface area contributed by atoms with Crippen LogP contribution < -0.4 is 15.5 Å². The number of carbonyl (C=O) groups excluding carboxylic acids is 1. The zero-order chi connectivity index (χ0) is 17.6. The quantitative estimate of drug-likeness (QED) is 0.807. The van der Waals surface area contributed by atoms with E-state index in [9.17, 15) is 4.79 Å². The molecule has 0 spiro atoms. The van der Waals surface area contributed by atoms with E-state index >= 15 is 0 Å². The van der Waals surface area contributed by atoms with Crippen molar-refractivity contribution in [1.29, 1.82) is 0 Å². The molecule has 1 aliphatic rings. The largest absolute Gasteiger partial charge is 0.341 e. The summed E-state index contributed by atoms with van der Waals surface area (Å²) in [5, 5.41) is 5.58. The summed E-state index contributed by atoms with van der Waals surface area (Å²) < 4.78 is 0. The summed E-state index contributed by atoms with van der Waals surface area (Å²) in [4.78, 5) is 24.2. The summed E-state index contributed by atoms with van der Waals surface area (Å²) in [6, 6.07) is 7.40. The average Bonchev–Trinajstić information content (AvgIpc) is 2.63. The molecule has 132 valence electrons. The fraction of sp³-hybridized carbons (Fsp3) is 0.389. The number of piperidine rings is 1. The van der Waals surface area contributed by atoms with Gasteiger partial charge in [0.2, 0.25) is 5.95 Å². The zero-order valence-electron chi connectivity index (χ0n) is 14.5. The zero-order valence-corrected chi connectivity index (χ0v) is 15.3. The maximum absolute atomic E-state index is 12.1. The van der Waals surface area contributed by atoms with Crippen molar-refractivity contribution in [3.8, 4) is 0 Å². The predicted molar refractivity (Wildman–Crippen MR) is 104 cm³/mol. The van der Waals surface area contributed by atoms with Gasteiger partial charge in [-0.15, -0.1) is 11.8 Å². The molecule has 2 N–H and O–H groups in total. The van der Waals surface area contributed by atoms with Gasteiger partial charge < -0.3 is 15.5 Å². The Morgan fingerprint density at radius 3 is 2.52 bits per heavy atom. The van der Waals surface area contributed by atoms with E-state index in [1.807, 2.05) is 30.5 Å². The minimum Gasteiger partial charge on any atom is -0.341 e. The van der Waals surface area contributed by atoms with Crippen molar-refractivity contribution in [2.45, 2.75) is 24.7 Å². The number of urea groups is 1. The number of aromatic nitrogens is 2. The van der Waals surface area contributed by atoms with Crippen LogP contribution >= 0.6 is 11.8 Å². The summed E-state index contributed by atoms with van der Waals surface area (Å²) in [5.41, 5.74) is 1.33. The fourth-order valence-electron chi connectivity index (χ4n) is 2.75. The third-order valence-corrected chi connectivity index (χ3v) is 5.02. The molecule has 1 aliphatic heterocycles. The lowest BCUT2D eigenvalue weighted by Gasteiger charge is -2.30. The second-order valence-corrected chi connectivity index (χ2v) is 7.13. The van der Waals surface area contributed by atoms with Crippen LogP contribution in [0.4, 0.5) is 22.1 Å². The van der Waals surface area contributed by atoms with Crippen molar-refractivity contribution in [2.75, 3.05) is 34.9 Å². The highest BCUT2D eigenvalue weighted by atomic mass is 32.2. The summed E-state index contributed by atoms with van der Waals surface area (Å²) in [7, 11) is 0. The van der Waals surface area contributed by atoms with Crippen LogP contribution in [-0.4, -0.2) is 35.3 Å². The van der Waals surface area contributed by atoms with Crippen molar-refractivity contribution in [2.24, 2.45) is 5.92 Å². The van der Waals surface area contributed by atoms with Gasteiger partial charge in [0.05, 0.1) is 18.1 Å². The first-order valence-corrected chi connectivity index (χ1v) is 9.65. The molecule has 2 heterocycles. The Bertz CT molecular complexity index is 714. The molecule has 1 aromatic carbocycles. The molecule has 6 nitrogen and oxygen atoms in total. The van der Waals surface area contributed by atoms with Gasteiger partial charge in [-0.05, 0) is 43.2 Å². The van der Waals surface area contributed by atoms with Gasteiger partial charge in [-0.3, -0.25) is 0 Å². The molecule has 0 atom stereocenters. The monoisotopic (exact) mass is 357 g/mol. The van der Waals surface area contributed by atoms with Crippen LogP contribution in [0.25, 0.3) is 0 Å². The molecule has 0 bridgehead atoms. The number of nitrogens with zero attached hydrogens (tertiary/aromatic N) is 3. The number of carbonyl (C=O) groups is 1. The molecule has 1 aromatic heterocycles. The van der Waals surface area contributed by atoms with Crippen molar-refractivity contribution >= 4 is 35.1 Å². The lowest BCUT2D eigenvalue weighted by atomic mass is 10.00. The number of thioether (sulfide) groups is 1. The molecule has 25 heavy (non-hydrogen) atoms. The molecule has 3 rings (SSSR count). The number of benzene rings is 1. The topological polar surface area (TPSA) is 70.2 Å². The highest BCUT2D eigenvalue weighted by Gasteiger charge is 2.17. The van der Waals surface area contributed by atoms with E-state index in [1.165, 1.54) is 12.8 Å². The number of hydrogen-bond acceptors (Lipinski definition) is 5. The smallest absolute Gasteiger partial charge is 0.323 e. The highest BCUT2D eigenvalue weighted by Crippen LogP contribution is 2.21. The van der Waals surface area contributed by atoms with E-state index in [0.717, 1.165) is 35.5 Å². The van der Waals surface area contributed by atoms with Crippen molar-refractivity contribution in [3.63, 3.8) is 0 Å². The highest BCUT2D eigenvalue weighted by molar-refractivity contribution is 7.98. The van der Waals surface area contributed by atoms with Gasteiger partial charge in [-0.2, -0.15) is 0 Å².